The van der Waals surface area contributed by atoms with Gasteiger partial charge in [0.1, 0.15) is 6.10 Å². The number of hydrogen-bond donors (Lipinski definition) is 1. The predicted octanol–water partition coefficient (Wildman–Crippen LogP) is -0.0608. The minimum atomic E-state index is -0.218. The second kappa shape index (κ2) is 3.12. The van der Waals surface area contributed by atoms with Crippen LogP contribution in [0.25, 0.3) is 0 Å². The van der Waals surface area contributed by atoms with Crippen LogP contribution in [0.5, 0.6) is 0 Å². The summed E-state index contributed by atoms with van der Waals surface area (Å²) >= 11 is 0. The Morgan fingerprint density at radius 1 is 1.80 bits per heavy atom. The Morgan fingerprint density at radius 3 is 2.90 bits per heavy atom. The van der Waals surface area contributed by atoms with Crippen LogP contribution in [0.4, 0.5) is 0 Å². The summed E-state index contributed by atoms with van der Waals surface area (Å²) in [6.45, 7) is 2.83. The van der Waals surface area contributed by atoms with E-state index in [1.165, 1.54) is 0 Å². The molecule has 0 aromatic carbocycles. The lowest BCUT2D eigenvalue weighted by Gasteiger charge is -2.10. The minimum Gasteiger partial charge on any atom is -0.370 e. The zero-order valence-electron chi connectivity index (χ0n) is 6.17. The van der Waals surface area contributed by atoms with Gasteiger partial charge in [-0.15, -0.1) is 0 Å². The molecule has 1 aliphatic rings. The third-order valence-corrected chi connectivity index (χ3v) is 1.91. The Hall–Kier alpha value is -0.410. The summed E-state index contributed by atoms with van der Waals surface area (Å²) in [5, 5.41) is 0. The van der Waals surface area contributed by atoms with Gasteiger partial charge in [-0.25, -0.2) is 0 Å². The molecule has 1 saturated heterocycles. The highest BCUT2D eigenvalue weighted by Gasteiger charge is 2.29. The molecule has 3 nitrogen and oxygen atoms in total. The molecule has 1 aliphatic heterocycles. The van der Waals surface area contributed by atoms with Gasteiger partial charge < -0.3 is 10.5 Å². The number of Topliss-reactive ketones (excluding diaryl/α,β-unsaturated/α-hetero) is 1. The molecular formula is C7H13NO2. The van der Waals surface area contributed by atoms with Crippen LogP contribution >= 0.6 is 0 Å². The summed E-state index contributed by atoms with van der Waals surface area (Å²) in [7, 11) is 0. The maximum Gasteiger partial charge on any atom is 0.175 e. The zero-order chi connectivity index (χ0) is 7.56. The number of carbonyl (C=O) groups is 1. The highest BCUT2D eigenvalue weighted by molar-refractivity contribution is 5.85. The van der Waals surface area contributed by atoms with E-state index in [-0.39, 0.29) is 18.4 Å². The lowest BCUT2D eigenvalue weighted by Crippen LogP contribution is -2.31. The maximum absolute atomic E-state index is 11.0. The molecule has 3 heteroatoms. The van der Waals surface area contributed by atoms with Crippen molar-refractivity contribution in [2.24, 2.45) is 11.7 Å². The molecular weight excluding hydrogens is 130 g/mol. The first-order valence-electron chi connectivity index (χ1n) is 3.60. The first-order valence-corrected chi connectivity index (χ1v) is 3.60. The van der Waals surface area contributed by atoms with Gasteiger partial charge in [-0.1, -0.05) is 6.92 Å². The molecule has 58 valence electrons. The van der Waals surface area contributed by atoms with Crippen molar-refractivity contribution in [3.63, 3.8) is 0 Å². The molecule has 0 radical (unpaired) electrons. The molecule has 2 N–H and O–H groups in total. The zero-order valence-corrected chi connectivity index (χ0v) is 6.17. The Kier molecular flexibility index (Phi) is 2.40. The third kappa shape index (κ3) is 1.36. The van der Waals surface area contributed by atoms with Gasteiger partial charge in [0.2, 0.25) is 0 Å². The fourth-order valence-corrected chi connectivity index (χ4v) is 1.22. The van der Waals surface area contributed by atoms with E-state index in [4.69, 9.17) is 10.5 Å². The molecule has 2 unspecified atom stereocenters. The van der Waals surface area contributed by atoms with E-state index in [1.807, 2.05) is 6.92 Å². The normalized spacial score (nSPS) is 32.6. The molecule has 0 bridgehead atoms. The van der Waals surface area contributed by atoms with Gasteiger partial charge >= 0.3 is 0 Å². The largest absolute Gasteiger partial charge is 0.370 e. The predicted molar refractivity (Wildman–Crippen MR) is 37.6 cm³/mol. The van der Waals surface area contributed by atoms with Crippen LogP contribution in [0.3, 0.4) is 0 Å². The van der Waals surface area contributed by atoms with E-state index in [0.717, 1.165) is 6.42 Å². The molecule has 2 atom stereocenters. The number of carbonyl (C=O) groups excluding carboxylic acids is 1. The highest BCUT2D eigenvalue weighted by atomic mass is 16.5. The monoisotopic (exact) mass is 143 g/mol. The number of hydrogen-bond acceptors (Lipinski definition) is 3. The molecule has 0 aromatic rings. The van der Waals surface area contributed by atoms with E-state index >= 15 is 0 Å². The Morgan fingerprint density at radius 2 is 2.50 bits per heavy atom. The molecule has 0 aromatic heterocycles. The van der Waals surface area contributed by atoms with Crippen LogP contribution in [0.1, 0.15) is 13.3 Å². The second-order valence-corrected chi connectivity index (χ2v) is 2.73. The first-order chi connectivity index (χ1) is 4.75. The van der Waals surface area contributed by atoms with Crippen LogP contribution in [-0.2, 0) is 9.53 Å². The van der Waals surface area contributed by atoms with Crippen molar-refractivity contribution in [1.29, 1.82) is 0 Å². The number of nitrogens with two attached hydrogens (primary N) is 1. The summed E-state index contributed by atoms with van der Waals surface area (Å²) in [5.41, 5.74) is 5.18. The summed E-state index contributed by atoms with van der Waals surface area (Å²) < 4.78 is 5.19. The average Bonchev–Trinajstić information content (AvgIpc) is 2.34. The fraction of sp³-hybridized carbons (Fsp3) is 0.857. The van der Waals surface area contributed by atoms with E-state index in [2.05, 4.69) is 0 Å². The Bertz CT molecular complexity index is 136. The first kappa shape index (κ1) is 7.69. The van der Waals surface area contributed by atoms with Crippen LogP contribution < -0.4 is 5.73 Å². The van der Waals surface area contributed by atoms with Crippen molar-refractivity contribution in [1.82, 2.24) is 0 Å². The van der Waals surface area contributed by atoms with Crippen molar-refractivity contribution in [3.8, 4) is 0 Å². The van der Waals surface area contributed by atoms with Crippen molar-refractivity contribution >= 4 is 5.78 Å². The van der Waals surface area contributed by atoms with Gasteiger partial charge in [0.25, 0.3) is 0 Å². The van der Waals surface area contributed by atoms with Crippen LogP contribution in [-0.4, -0.2) is 25.0 Å². The van der Waals surface area contributed by atoms with Gasteiger partial charge in [0, 0.05) is 6.61 Å². The topological polar surface area (TPSA) is 52.3 Å². The van der Waals surface area contributed by atoms with E-state index in [0.29, 0.717) is 12.5 Å². The minimum absolute atomic E-state index is 0.0324. The van der Waals surface area contributed by atoms with Crippen LogP contribution in [0, 0.1) is 5.92 Å². The average molecular weight is 143 g/mol. The van der Waals surface area contributed by atoms with E-state index in [9.17, 15) is 4.79 Å². The maximum atomic E-state index is 11.0. The lowest BCUT2D eigenvalue weighted by atomic mass is 10.0. The Balaban J connectivity index is 2.46. The van der Waals surface area contributed by atoms with Crippen molar-refractivity contribution in [2.45, 2.75) is 19.4 Å². The van der Waals surface area contributed by atoms with Crippen molar-refractivity contribution in [3.05, 3.63) is 0 Å². The molecule has 1 heterocycles. The fourth-order valence-electron chi connectivity index (χ4n) is 1.22. The van der Waals surface area contributed by atoms with Crippen molar-refractivity contribution < 1.29 is 9.53 Å². The van der Waals surface area contributed by atoms with Gasteiger partial charge in [-0.2, -0.15) is 0 Å². The van der Waals surface area contributed by atoms with Gasteiger partial charge in [-0.3, -0.25) is 4.79 Å². The molecule has 0 saturated carbocycles. The molecule has 0 amide bonds. The quantitative estimate of drug-likeness (QED) is 0.589. The number of ketones is 1. The third-order valence-electron chi connectivity index (χ3n) is 1.91. The molecule has 0 spiro atoms. The molecule has 1 fully saturated rings. The SMILES string of the molecule is CC1CCOC1C(=O)CN. The standard InChI is InChI=1S/C7H13NO2/c1-5-2-3-10-7(5)6(9)4-8/h5,7H,2-4,8H2,1H3. The summed E-state index contributed by atoms with van der Waals surface area (Å²) in [5.74, 6) is 0.390. The highest BCUT2D eigenvalue weighted by Crippen LogP contribution is 2.19. The van der Waals surface area contributed by atoms with E-state index < -0.39 is 0 Å². The smallest absolute Gasteiger partial charge is 0.175 e. The molecule has 0 aliphatic carbocycles. The van der Waals surface area contributed by atoms with Gasteiger partial charge in [0.15, 0.2) is 5.78 Å². The molecule has 10 heavy (non-hydrogen) atoms. The summed E-state index contributed by atoms with van der Waals surface area (Å²) in [6, 6.07) is 0. The van der Waals surface area contributed by atoms with Gasteiger partial charge in [0.05, 0.1) is 6.54 Å². The molecule has 1 rings (SSSR count). The van der Waals surface area contributed by atoms with Gasteiger partial charge in [-0.05, 0) is 12.3 Å². The van der Waals surface area contributed by atoms with Crippen LogP contribution in [0.2, 0.25) is 0 Å². The second-order valence-electron chi connectivity index (χ2n) is 2.73. The Labute approximate surface area is 60.5 Å². The number of ether oxygens (including phenoxy) is 1. The lowest BCUT2D eigenvalue weighted by molar-refractivity contribution is -0.127. The van der Waals surface area contributed by atoms with Crippen molar-refractivity contribution in [2.75, 3.05) is 13.2 Å². The van der Waals surface area contributed by atoms with Crippen LogP contribution in [0.15, 0.2) is 0 Å². The summed E-state index contributed by atoms with van der Waals surface area (Å²) in [6.07, 6.45) is 0.765. The number of rotatable bonds is 2. The summed E-state index contributed by atoms with van der Waals surface area (Å²) in [4.78, 5) is 11.0. The van der Waals surface area contributed by atoms with E-state index in [1.54, 1.807) is 0 Å².